The molecule has 3 heterocycles. The summed E-state index contributed by atoms with van der Waals surface area (Å²) in [5.74, 6) is 0.0478. The van der Waals surface area contributed by atoms with E-state index in [1.165, 1.54) is 0 Å². The van der Waals surface area contributed by atoms with Gasteiger partial charge >= 0.3 is 0 Å². The van der Waals surface area contributed by atoms with Crippen molar-refractivity contribution in [3.8, 4) is 5.69 Å². The number of rotatable bonds is 0. The lowest BCUT2D eigenvalue weighted by atomic mass is 9.57. The van der Waals surface area contributed by atoms with E-state index in [0.717, 1.165) is 71.2 Å². The van der Waals surface area contributed by atoms with Crippen molar-refractivity contribution in [1.29, 1.82) is 0 Å². The zero-order valence-electron chi connectivity index (χ0n) is 20.3. The Balaban J connectivity index is 1.74. The summed E-state index contributed by atoms with van der Waals surface area (Å²) in [6.07, 6.45) is 0. The van der Waals surface area contributed by atoms with Gasteiger partial charge in [0.15, 0.2) is 5.78 Å². The predicted octanol–water partition coefficient (Wildman–Crippen LogP) is 7.06. The highest BCUT2D eigenvalue weighted by atomic mass is 32.1. The van der Waals surface area contributed by atoms with E-state index in [0.29, 0.717) is 0 Å². The zero-order chi connectivity index (χ0) is 25.1. The minimum atomic E-state index is -0.732. The Kier molecular flexibility index (Phi) is 3.91. The number of pyridine rings is 1. The third-order valence-corrected chi connectivity index (χ3v) is 9.12. The molecule has 37 heavy (non-hydrogen) atoms. The van der Waals surface area contributed by atoms with Crippen LogP contribution in [0, 0.1) is 13.8 Å². The Morgan fingerprint density at radius 2 is 1.35 bits per heavy atom. The minimum Gasteiger partial charge on any atom is -0.289 e. The molecule has 176 valence electrons. The summed E-state index contributed by atoms with van der Waals surface area (Å²) < 4.78 is 2.93. The molecule has 0 unspecified atom stereocenters. The van der Waals surface area contributed by atoms with E-state index in [9.17, 15) is 9.59 Å². The summed E-state index contributed by atoms with van der Waals surface area (Å²) in [6, 6.07) is 28.8. The third kappa shape index (κ3) is 2.37. The summed E-state index contributed by atoms with van der Waals surface area (Å²) in [6.45, 7) is 4.21. The molecule has 0 bridgehead atoms. The first kappa shape index (κ1) is 20.9. The van der Waals surface area contributed by atoms with Crippen LogP contribution in [-0.4, -0.2) is 10.4 Å². The molecule has 0 amide bonds. The van der Waals surface area contributed by atoms with E-state index in [-0.39, 0.29) is 11.3 Å². The average molecular weight is 496 g/mol. The van der Waals surface area contributed by atoms with Gasteiger partial charge in [-0.2, -0.15) is 0 Å². The van der Waals surface area contributed by atoms with Gasteiger partial charge in [0.2, 0.25) is 0 Å². The number of hydrogen-bond acceptors (Lipinski definition) is 3. The molecular weight excluding hydrogens is 474 g/mol. The number of carbonyl (C=O) groups is 1. The summed E-state index contributed by atoms with van der Waals surface area (Å²) in [5.41, 5.74) is 8.80. The van der Waals surface area contributed by atoms with Crippen LogP contribution in [0.5, 0.6) is 0 Å². The molecule has 0 fully saturated rings. The van der Waals surface area contributed by atoms with Crippen LogP contribution in [0.2, 0.25) is 0 Å². The number of aromatic nitrogens is 1. The van der Waals surface area contributed by atoms with Crippen LogP contribution >= 0.6 is 11.3 Å². The van der Waals surface area contributed by atoms with Crippen LogP contribution in [0.1, 0.15) is 49.3 Å². The van der Waals surface area contributed by atoms with Crippen molar-refractivity contribution >= 4 is 38.1 Å². The zero-order valence-corrected chi connectivity index (χ0v) is 21.1. The molecule has 0 saturated heterocycles. The maximum atomic E-state index is 14.1. The van der Waals surface area contributed by atoms with Gasteiger partial charge in [-0.3, -0.25) is 14.2 Å². The number of ketones is 1. The van der Waals surface area contributed by atoms with E-state index in [1.807, 2.05) is 52.4 Å². The molecule has 6 aromatic rings. The second-order valence-electron chi connectivity index (χ2n) is 10.2. The lowest BCUT2D eigenvalue weighted by Gasteiger charge is -2.45. The van der Waals surface area contributed by atoms with Gasteiger partial charge in [0.05, 0.1) is 22.0 Å². The first-order chi connectivity index (χ1) is 18.0. The van der Waals surface area contributed by atoms with Gasteiger partial charge in [-0.25, -0.2) is 0 Å². The molecule has 3 nitrogen and oxygen atoms in total. The third-order valence-electron chi connectivity index (χ3n) is 8.17. The molecule has 2 aliphatic rings. The summed E-state index contributed by atoms with van der Waals surface area (Å²) >= 11 is 1.61. The monoisotopic (exact) mass is 495 g/mol. The van der Waals surface area contributed by atoms with Crippen molar-refractivity contribution < 1.29 is 4.79 Å². The predicted molar refractivity (Wildman–Crippen MR) is 150 cm³/mol. The number of benzene rings is 4. The second kappa shape index (κ2) is 6.93. The highest BCUT2D eigenvalue weighted by molar-refractivity contribution is 7.18. The summed E-state index contributed by atoms with van der Waals surface area (Å²) in [4.78, 5) is 27.9. The Morgan fingerprint density at radius 1 is 0.676 bits per heavy atom. The van der Waals surface area contributed by atoms with Crippen LogP contribution in [0.15, 0.2) is 95.1 Å². The van der Waals surface area contributed by atoms with Gasteiger partial charge in [-0.1, -0.05) is 77.9 Å². The van der Waals surface area contributed by atoms with Gasteiger partial charge in [-0.15, -0.1) is 11.3 Å². The van der Waals surface area contributed by atoms with Crippen molar-refractivity contribution in [1.82, 2.24) is 4.57 Å². The summed E-state index contributed by atoms with van der Waals surface area (Å²) in [5, 5.41) is 3.83. The van der Waals surface area contributed by atoms with E-state index in [4.69, 9.17) is 0 Å². The molecule has 8 rings (SSSR count). The van der Waals surface area contributed by atoms with Crippen molar-refractivity contribution in [3.63, 3.8) is 0 Å². The summed E-state index contributed by atoms with van der Waals surface area (Å²) in [7, 11) is 0. The van der Waals surface area contributed by atoms with Crippen LogP contribution < -0.4 is 5.56 Å². The fourth-order valence-electron chi connectivity index (χ4n) is 6.79. The van der Waals surface area contributed by atoms with Crippen molar-refractivity contribution in [2.24, 2.45) is 0 Å². The average Bonchev–Trinajstić information content (AvgIpc) is 3.41. The molecule has 1 aliphatic carbocycles. The number of aryl methyl sites for hydroxylation is 2. The first-order valence-corrected chi connectivity index (χ1v) is 13.3. The van der Waals surface area contributed by atoms with Gasteiger partial charge in [0.1, 0.15) is 0 Å². The molecule has 1 aliphatic heterocycles. The quantitative estimate of drug-likeness (QED) is 0.226. The molecular formula is C33H21NO2S. The van der Waals surface area contributed by atoms with Crippen LogP contribution in [0.4, 0.5) is 0 Å². The Morgan fingerprint density at radius 3 is 2.08 bits per heavy atom. The number of thiophene rings is 1. The minimum absolute atomic E-state index is 0.00209. The molecule has 0 saturated carbocycles. The molecule has 0 atom stereocenters. The number of fused-ring (bicyclic) bond motifs is 10. The SMILES string of the molecule is Cc1ccc2c(c1)C1(c3ccccc3C(=O)c3ccccc31)c1cc(C)cc3c4sccc4c(=O)n-2c13. The van der Waals surface area contributed by atoms with Crippen LogP contribution in [-0.2, 0) is 5.41 Å². The highest BCUT2D eigenvalue weighted by Crippen LogP contribution is 2.56. The maximum absolute atomic E-state index is 14.1. The number of nitrogens with zero attached hydrogens (tertiary/aromatic N) is 1. The van der Waals surface area contributed by atoms with Crippen LogP contribution in [0.25, 0.3) is 26.7 Å². The Labute approximate surface area is 217 Å². The first-order valence-electron chi connectivity index (χ1n) is 12.4. The molecule has 4 aromatic carbocycles. The van der Waals surface area contributed by atoms with Crippen LogP contribution in [0.3, 0.4) is 0 Å². The molecule has 0 radical (unpaired) electrons. The molecule has 4 heteroatoms. The van der Waals surface area contributed by atoms with Crippen molar-refractivity contribution in [2.45, 2.75) is 19.3 Å². The van der Waals surface area contributed by atoms with E-state index < -0.39 is 5.41 Å². The standard InChI is InChI=1S/C33H21NO2S/c1-18-11-12-28-26(16-18)33(24-9-5-3-7-20(24)30(35)21-8-4-6-10-25(21)33)27-17-19(2)15-23-29(27)34(28)32(36)22-13-14-37-31(22)23/h3-17H,1-2H3. The van der Waals surface area contributed by atoms with E-state index in [2.05, 4.69) is 56.3 Å². The van der Waals surface area contributed by atoms with Gasteiger partial charge in [0, 0.05) is 21.2 Å². The number of hydrogen-bond donors (Lipinski definition) is 0. The molecule has 2 aromatic heterocycles. The Bertz CT molecular complexity index is 2010. The van der Waals surface area contributed by atoms with Crippen molar-refractivity contribution in [3.05, 3.63) is 145 Å². The van der Waals surface area contributed by atoms with E-state index >= 15 is 0 Å². The fraction of sp³-hybridized carbons (Fsp3) is 0.0909. The topological polar surface area (TPSA) is 39.1 Å². The van der Waals surface area contributed by atoms with Gasteiger partial charge < -0.3 is 0 Å². The highest BCUT2D eigenvalue weighted by Gasteiger charge is 2.50. The molecule has 0 N–H and O–H groups in total. The van der Waals surface area contributed by atoms with Gasteiger partial charge in [-0.05, 0) is 59.7 Å². The smallest absolute Gasteiger partial charge is 0.264 e. The fourth-order valence-corrected chi connectivity index (χ4v) is 7.70. The lowest BCUT2D eigenvalue weighted by molar-refractivity contribution is 0.103. The second-order valence-corrected chi connectivity index (χ2v) is 11.1. The molecule has 1 spiro atoms. The number of carbonyl (C=O) groups excluding carboxylic acids is 1. The normalized spacial score (nSPS) is 14.6. The lowest BCUT2D eigenvalue weighted by Crippen LogP contribution is -2.42. The van der Waals surface area contributed by atoms with Gasteiger partial charge in [0.25, 0.3) is 5.56 Å². The Hall–Kier alpha value is -4.28. The van der Waals surface area contributed by atoms with E-state index in [1.54, 1.807) is 11.3 Å². The van der Waals surface area contributed by atoms with Crippen molar-refractivity contribution in [2.75, 3.05) is 0 Å². The largest absolute Gasteiger partial charge is 0.289 e. The maximum Gasteiger partial charge on any atom is 0.264 e.